The number of rotatable bonds is 6. The third-order valence-corrected chi connectivity index (χ3v) is 5.44. The van der Waals surface area contributed by atoms with Crippen LogP contribution in [0.25, 0.3) is 0 Å². The predicted molar refractivity (Wildman–Crippen MR) is 106 cm³/mol. The maximum Gasteiger partial charge on any atom is 0.317 e. The molecule has 1 atom stereocenters. The number of nitrogens with one attached hydrogen (secondary N) is 1. The molecule has 0 aliphatic carbocycles. The Morgan fingerprint density at radius 2 is 2.04 bits per heavy atom. The van der Waals surface area contributed by atoms with Crippen molar-refractivity contribution >= 4 is 6.03 Å². The Kier molecular flexibility index (Phi) is 7.35. The third-order valence-electron chi connectivity index (χ3n) is 5.44. The fourth-order valence-corrected chi connectivity index (χ4v) is 3.82. The van der Waals surface area contributed by atoms with Gasteiger partial charge in [-0.15, -0.1) is 0 Å². The molecular weight excluding hydrogens is 342 g/mol. The predicted octanol–water partition coefficient (Wildman–Crippen LogP) is 2.58. The first-order chi connectivity index (χ1) is 13.1. The van der Waals surface area contributed by atoms with Gasteiger partial charge in [0, 0.05) is 32.2 Å². The molecule has 2 heterocycles. The normalized spacial score (nSPS) is 21.1. The standard InChI is InChI=1S/C21H33N3O3/c1-17-6-7-18(2)20(15-17)27-12-8-22-21(25)24-9-4-3-5-19(24)16-23-10-13-26-14-11-23/h6-7,15,19H,3-5,8-14,16H2,1-2H3,(H,22,25)/t19-/m0/s1. The summed E-state index contributed by atoms with van der Waals surface area (Å²) in [5, 5.41) is 3.04. The van der Waals surface area contributed by atoms with E-state index < -0.39 is 0 Å². The molecule has 0 bridgehead atoms. The van der Waals surface area contributed by atoms with E-state index in [0.717, 1.165) is 63.5 Å². The van der Waals surface area contributed by atoms with Crippen LogP contribution < -0.4 is 10.1 Å². The molecule has 0 saturated carbocycles. The molecule has 0 radical (unpaired) electrons. The molecule has 1 aromatic carbocycles. The lowest BCUT2D eigenvalue weighted by molar-refractivity contribution is 0.0221. The number of piperidine rings is 1. The minimum Gasteiger partial charge on any atom is -0.491 e. The van der Waals surface area contributed by atoms with Crippen LogP contribution in [0.4, 0.5) is 4.79 Å². The average molecular weight is 376 g/mol. The fraction of sp³-hybridized carbons (Fsp3) is 0.667. The molecule has 1 N–H and O–H groups in total. The van der Waals surface area contributed by atoms with Gasteiger partial charge in [0.15, 0.2) is 0 Å². The number of nitrogens with zero attached hydrogens (tertiary/aromatic N) is 2. The lowest BCUT2D eigenvalue weighted by atomic mass is 10.0. The van der Waals surface area contributed by atoms with Crippen LogP contribution in [0.5, 0.6) is 5.75 Å². The van der Waals surface area contributed by atoms with Gasteiger partial charge in [0.05, 0.1) is 19.8 Å². The van der Waals surface area contributed by atoms with Crippen LogP contribution in [0, 0.1) is 13.8 Å². The van der Waals surface area contributed by atoms with Gasteiger partial charge in [-0.05, 0) is 50.3 Å². The average Bonchev–Trinajstić information content (AvgIpc) is 2.69. The topological polar surface area (TPSA) is 54.0 Å². The van der Waals surface area contributed by atoms with Crippen molar-refractivity contribution in [3.63, 3.8) is 0 Å². The van der Waals surface area contributed by atoms with Gasteiger partial charge in [0.2, 0.25) is 0 Å². The highest BCUT2D eigenvalue weighted by Gasteiger charge is 2.28. The van der Waals surface area contributed by atoms with Gasteiger partial charge in [-0.25, -0.2) is 4.79 Å². The molecule has 6 heteroatoms. The molecule has 150 valence electrons. The monoisotopic (exact) mass is 375 g/mol. The van der Waals surface area contributed by atoms with Gasteiger partial charge < -0.3 is 19.7 Å². The molecule has 2 amide bonds. The number of likely N-dealkylation sites (tertiary alicyclic amines) is 1. The van der Waals surface area contributed by atoms with Gasteiger partial charge >= 0.3 is 6.03 Å². The molecule has 2 fully saturated rings. The highest BCUT2D eigenvalue weighted by atomic mass is 16.5. The van der Waals surface area contributed by atoms with E-state index in [9.17, 15) is 4.79 Å². The van der Waals surface area contributed by atoms with Crippen LogP contribution in [0.3, 0.4) is 0 Å². The summed E-state index contributed by atoms with van der Waals surface area (Å²) in [5.41, 5.74) is 2.30. The van der Waals surface area contributed by atoms with E-state index in [0.29, 0.717) is 19.2 Å². The van der Waals surface area contributed by atoms with Crippen LogP contribution in [0.15, 0.2) is 18.2 Å². The number of hydrogen-bond acceptors (Lipinski definition) is 4. The lowest BCUT2D eigenvalue weighted by Gasteiger charge is -2.39. The zero-order valence-electron chi connectivity index (χ0n) is 16.7. The van der Waals surface area contributed by atoms with Crippen molar-refractivity contribution in [2.75, 3.05) is 52.5 Å². The summed E-state index contributed by atoms with van der Waals surface area (Å²) in [5.74, 6) is 0.896. The largest absolute Gasteiger partial charge is 0.491 e. The van der Waals surface area contributed by atoms with Crippen molar-refractivity contribution in [2.45, 2.75) is 39.2 Å². The van der Waals surface area contributed by atoms with Crippen LogP contribution in [-0.4, -0.2) is 74.4 Å². The lowest BCUT2D eigenvalue weighted by Crippen LogP contribution is -2.54. The van der Waals surface area contributed by atoms with Gasteiger partial charge in [-0.2, -0.15) is 0 Å². The molecule has 2 saturated heterocycles. The SMILES string of the molecule is Cc1ccc(C)c(OCCNC(=O)N2CCCC[C@H]2CN2CCOCC2)c1. The Bertz CT molecular complexity index is 617. The number of urea groups is 1. The minimum atomic E-state index is 0.0394. The second-order valence-corrected chi connectivity index (χ2v) is 7.61. The highest BCUT2D eigenvalue weighted by Crippen LogP contribution is 2.20. The third kappa shape index (κ3) is 5.84. The van der Waals surface area contributed by atoms with Crippen molar-refractivity contribution < 1.29 is 14.3 Å². The summed E-state index contributed by atoms with van der Waals surface area (Å²) in [6.45, 7) is 10.4. The molecule has 6 nitrogen and oxygen atoms in total. The Morgan fingerprint density at radius 3 is 2.85 bits per heavy atom. The van der Waals surface area contributed by atoms with E-state index in [2.05, 4.69) is 29.3 Å². The van der Waals surface area contributed by atoms with E-state index >= 15 is 0 Å². The van der Waals surface area contributed by atoms with Crippen molar-refractivity contribution in [1.29, 1.82) is 0 Å². The first-order valence-electron chi connectivity index (χ1n) is 10.2. The number of ether oxygens (including phenoxy) is 2. The van der Waals surface area contributed by atoms with Crippen molar-refractivity contribution in [1.82, 2.24) is 15.1 Å². The molecule has 0 aromatic heterocycles. The van der Waals surface area contributed by atoms with Gasteiger partial charge in [0.25, 0.3) is 0 Å². The molecule has 0 spiro atoms. The molecule has 3 rings (SSSR count). The smallest absolute Gasteiger partial charge is 0.317 e. The van der Waals surface area contributed by atoms with E-state index in [-0.39, 0.29) is 6.03 Å². The van der Waals surface area contributed by atoms with Crippen LogP contribution in [0.1, 0.15) is 30.4 Å². The van der Waals surface area contributed by atoms with Crippen molar-refractivity contribution in [3.05, 3.63) is 29.3 Å². The first-order valence-corrected chi connectivity index (χ1v) is 10.2. The molecule has 0 unspecified atom stereocenters. The van der Waals surface area contributed by atoms with Crippen molar-refractivity contribution in [3.8, 4) is 5.75 Å². The van der Waals surface area contributed by atoms with E-state index in [1.165, 1.54) is 12.0 Å². The summed E-state index contributed by atoms with van der Waals surface area (Å²) in [7, 11) is 0. The van der Waals surface area contributed by atoms with Crippen molar-refractivity contribution in [2.24, 2.45) is 0 Å². The van der Waals surface area contributed by atoms with Crippen LogP contribution >= 0.6 is 0 Å². The Balaban J connectivity index is 1.44. The summed E-state index contributed by atoms with van der Waals surface area (Å²) in [6.07, 6.45) is 3.38. The molecular formula is C21H33N3O3. The van der Waals surface area contributed by atoms with Crippen LogP contribution in [-0.2, 0) is 4.74 Å². The maximum atomic E-state index is 12.7. The number of amides is 2. The Morgan fingerprint density at radius 1 is 1.22 bits per heavy atom. The summed E-state index contributed by atoms with van der Waals surface area (Å²) in [4.78, 5) is 17.1. The second-order valence-electron chi connectivity index (χ2n) is 7.61. The number of aryl methyl sites for hydroxylation is 2. The number of carbonyl (C=O) groups excluding carboxylic acids is 1. The van der Waals surface area contributed by atoms with E-state index in [4.69, 9.17) is 9.47 Å². The molecule has 2 aliphatic heterocycles. The quantitative estimate of drug-likeness (QED) is 0.777. The second kappa shape index (κ2) is 9.95. The minimum absolute atomic E-state index is 0.0394. The Hall–Kier alpha value is -1.79. The summed E-state index contributed by atoms with van der Waals surface area (Å²) in [6, 6.07) is 6.52. The van der Waals surface area contributed by atoms with Crippen LogP contribution in [0.2, 0.25) is 0 Å². The Labute approximate surface area is 162 Å². The van der Waals surface area contributed by atoms with Gasteiger partial charge in [0.1, 0.15) is 12.4 Å². The zero-order valence-corrected chi connectivity index (χ0v) is 16.7. The fourth-order valence-electron chi connectivity index (χ4n) is 3.82. The number of benzene rings is 1. The molecule has 27 heavy (non-hydrogen) atoms. The zero-order chi connectivity index (χ0) is 19.1. The first kappa shape index (κ1) is 20.0. The number of morpholine rings is 1. The van der Waals surface area contributed by atoms with E-state index in [1.807, 2.05) is 17.9 Å². The highest BCUT2D eigenvalue weighted by molar-refractivity contribution is 5.74. The maximum absolute atomic E-state index is 12.7. The molecule has 2 aliphatic rings. The number of hydrogen-bond donors (Lipinski definition) is 1. The van der Waals surface area contributed by atoms with Gasteiger partial charge in [-0.3, -0.25) is 4.90 Å². The number of carbonyl (C=O) groups is 1. The summed E-state index contributed by atoms with van der Waals surface area (Å²) < 4.78 is 11.3. The molecule has 1 aromatic rings. The van der Waals surface area contributed by atoms with E-state index in [1.54, 1.807) is 0 Å². The van der Waals surface area contributed by atoms with Gasteiger partial charge in [-0.1, -0.05) is 12.1 Å². The summed E-state index contributed by atoms with van der Waals surface area (Å²) >= 11 is 0.